The first-order valence-electron chi connectivity index (χ1n) is 10.9. The van der Waals surface area contributed by atoms with Crippen LogP contribution in [-0.2, 0) is 29.0 Å². The van der Waals surface area contributed by atoms with Crippen LogP contribution in [0.15, 0.2) is 54.7 Å². The largest absolute Gasteiger partial charge is 0.573 e. The fourth-order valence-corrected chi connectivity index (χ4v) is 4.27. The molecule has 0 radical (unpaired) electrons. The molecule has 1 unspecified atom stereocenters. The first-order valence-corrected chi connectivity index (χ1v) is 10.9. The molecule has 2 aliphatic rings. The number of fused-ring (bicyclic) bond motifs is 1. The Bertz CT molecular complexity index is 1140. The third-order valence-electron chi connectivity index (χ3n) is 5.95. The van der Waals surface area contributed by atoms with Gasteiger partial charge >= 0.3 is 6.36 Å². The number of Topliss-reactive ketones (excluding diaryl/α,β-unsaturated/α-hetero) is 1. The van der Waals surface area contributed by atoms with Gasteiger partial charge in [0.1, 0.15) is 17.6 Å². The van der Waals surface area contributed by atoms with Gasteiger partial charge in [0.05, 0.1) is 0 Å². The predicted octanol–water partition coefficient (Wildman–Crippen LogP) is 4.08. The molecule has 2 amide bonds. The summed E-state index contributed by atoms with van der Waals surface area (Å²) in [4.78, 5) is 39.1. The van der Waals surface area contributed by atoms with Gasteiger partial charge in [0.25, 0.3) is 5.91 Å². The molecular formula is C25H23F3N2O4. The number of allylic oxidation sites excluding steroid dienone is 1. The minimum absolute atomic E-state index is 0.0539. The lowest BCUT2D eigenvalue weighted by molar-refractivity contribution is -0.274. The summed E-state index contributed by atoms with van der Waals surface area (Å²) in [5.41, 5.74) is 3.55. The molecule has 0 aliphatic carbocycles. The number of nitrogens with zero attached hydrogens (tertiary/aromatic N) is 1. The third-order valence-corrected chi connectivity index (χ3v) is 5.95. The van der Waals surface area contributed by atoms with E-state index >= 15 is 0 Å². The maximum Gasteiger partial charge on any atom is 0.573 e. The fraction of sp³-hybridized carbons (Fsp3) is 0.320. The molecule has 0 spiro atoms. The smallest absolute Gasteiger partial charge is 0.406 e. The average Bonchev–Trinajstić information content (AvgIpc) is 3.08. The van der Waals surface area contributed by atoms with E-state index in [1.165, 1.54) is 24.3 Å². The van der Waals surface area contributed by atoms with E-state index in [2.05, 4.69) is 16.6 Å². The molecular weight excluding hydrogens is 449 g/mol. The van der Waals surface area contributed by atoms with Crippen molar-refractivity contribution in [2.24, 2.45) is 0 Å². The number of nitrogens with one attached hydrogen (secondary N) is 1. The summed E-state index contributed by atoms with van der Waals surface area (Å²) in [6, 6.07) is 10.1. The van der Waals surface area contributed by atoms with Crippen LogP contribution in [0.3, 0.4) is 0 Å². The molecule has 2 aromatic carbocycles. The van der Waals surface area contributed by atoms with E-state index in [0.29, 0.717) is 42.6 Å². The number of halogens is 3. The Balaban J connectivity index is 1.32. The maximum absolute atomic E-state index is 12.8. The quantitative estimate of drug-likeness (QED) is 0.659. The highest BCUT2D eigenvalue weighted by Gasteiger charge is 2.38. The molecule has 4 rings (SSSR count). The second-order valence-corrected chi connectivity index (χ2v) is 8.48. The molecule has 0 aromatic heterocycles. The van der Waals surface area contributed by atoms with Crippen LogP contribution in [0.1, 0.15) is 46.3 Å². The Labute approximate surface area is 194 Å². The number of ether oxygens (including phenoxy) is 1. The van der Waals surface area contributed by atoms with Crippen molar-refractivity contribution < 1.29 is 32.3 Å². The molecule has 1 N–H and O–H groups in total. The summed E-state index contributed by atoms with van der Waals surface area (Å²) in [5, 5.41) is 2.71. The lowest BCUT2D eigenvalue weighted by atomic mass is 9.99. The fourth-order valence-electron chi connectivity index (χ4n) is 4.27. The summed E-state index contributed by atoms with van der Waals surface area (Å²) in [6.07, 6.45) is -2.76. The number of carbonyl (C=O) groups is 3. The van der Waals surface area contributed by atoms with Gasteiger partial charge < -0.3 is 15.0 Å². The number of hydrogen-bond donors (Lipinski definition) is 1. The number of ketones is 1. The molecule has 2 heterocycles. The molecule has 1 fully saturated rings. The average molecular weight is 472 g/mol. The Morgan fingerprint density at radius 2 is 1.82 bits per heavy atom. The van der Waals surface area contributed by atoms with Crippen molar-refractivity contribution in [2.75, 3.05) is 0 Å². The second-order valence-electron chi connectivity index (χ2n) is 8.48. The van der Waals surface area contributed by atoms with Crippen molar-refractivity contribution >= 4 is 17.6 Å². The summed E-state index contributed by atoms with van der Waals surface area (Å²) in [5.74, 6) is -0.785. The maximum atomic E-state index is 12.8. The SMILES string of the molecule is C=C1CCC(N2Cc3cc(CCC(=O)Cc4ccc(OC(F)(F)F)cc4)ccc3C2=O)C(=O)N1. The molecule has 1 atom stereocenters. The molecule has 0 saturated carbocycles. The first kappa shape index (κ1) is 23.5. The molecule has 6 nitrogen and oxygen atoms in total. The van der Waals surface area contributed by atoms with Gasteiger partial charge in [-0.05, 0) is 54.2 Å². The monoisotopic (exact) mass is 472 g/mol. The Kier molecular flexibility index (Phi) is 6.45. The number of alkyl halides is 3. The van der Waals surface area contributed by atoms with E-state index in [-0.39, 0.29) is 36.2 Å². The van der Waals surface area contributed by atoms with Gasteiger partial charge in [-0.25, -0.2) is 0 Å². The van der Waals surface area contributed by atoms with Crippen LogP contribution in [-0.4, -0.2) is 34.9 Å². The van der Waals surface area contributed by atoms with Crippen LogP contribution in [0, 0.1) is 0 Å². The molecule has 2 aromatic rings. The minimum Gasteiger partial charge on any atom is -0.406 e. The molecule has 2 aliphatic heterocycles. The van der Waals surface area contributed by atoms with Crippen molar-refractivity contribution in [3.05, 3.63) is 77.0 Å². The van der Waals surface area contributed by atoms with Gasteiger partial charge in [-0.1, -0.05) is 30.8 Å². The topological polar surface area (TPSA) is 75.7 Å². The van der Waals surface area contributed by atoms with Crippen molar-refractivity contribution in [2.45, 2.75) is 51.1 Å². The number of rotatable bonds is 7. The Morgan fingerprint density at radius 1 is 1.12 bits per heavy atom. The summed E-state index contributed by atoms with van der Waals surface area (Å²) >= 11 is 0. The van der Waals surface area contributed by atoms with Gasteiger partial charge in [0, 0.05) is 30.6 Å². The molecule has 178 valence electrons. The molecule has 1 saturated heterocycles. The van der Waals surface area contributed by atoms with Crippen molar-refractivity contribution in [1.82, 2.24) is 10.2 Å². The van der Waals surface area contributed by atoms with E-state index in [9.17, 15) is 27.6 Å². The van der Waals surface area contributed by atoms with E-state index < -0.39 is 12.4 Å². The van der Waals surface area contributed by atoms with E-state index in [1.54, 1.807) is 17.0 Å². The summed E-state index contributed by atoms with van der Waals surface area (Å²) < 4.78 is 40.6. The number of piperidine rings is 1. The second kappa shape index (κ2) is 9.32. The van der Waals surface area contributed by atoms with Crippen LogP contribution in [0.5, 0.6) is 5.75 Å². The van der Waals surface area contributed by atoms with Crippen LogP contribution in [0.2, 0.25) is 0 Å². The number of carbonyl (C=O) groups excluding carboxylic acids is 3. The lowest BCUT2D eigenvalue weighted by Gasteiger charge is -2.30. The summed E-state index contributed by atoms with van der Waals surface area (Å²) in [7, 11) is 0. The van der Waals surface area contributed by atoms with Crippen LogP contribution in [0.4, 0.5) is 13.2 Å². The summed E-state index contributed by atoms with van der Waals surface area (Å²) in [6.45, 7) is 4.10. The number of benzene rings is 2. The molecule has 34 heavy (non-hydrogen) atoms. The van der Waals surface area contributed by atoms with Crippen molar-refractivity contribution in [3.63, 3.8) is 0 Å². The zero-order chi connectivity index (χ0) is 24.5. The minimum atomic E-state index is -4.76. The number of aryl methyl sites for hydroxylation is 1. The number of amides is 2. The van der Waals surface area contributed by atoms with E-state index in [4.69, 9.17) is 0 Å². The van der Waals surface area contributed by atoms with Crippen molar-refractivity contribution in [3.8, 4) is 5.75 Å². The first-order chi connectivity index (χ1) is 16.1. The van der Waals surface area contributed by atoms with Gasteiger partial charge in [-0.15, -0.1) is 13.2 Å². The van der Waals surface area contributed by atoms with Crippen LogP contribution >= 0.6 is 0 Å². The molecule has 9 heteroatoms. The molecule has 0 bridgehead atoms. The lowest BCUT2D eigenvalue weighted by Crippen LogP contribution is -2.49. The standard InChI is InChI=1S/C25H23F3N2O4/c1-15-2-11-22(23(32)29-15)30-14-18-12-16(6-10-21(18)24(30)33)3-7-19(31)13-17-4-8-20(9-5-17)34-25(26,27)28/h4-6,8-10,12,22H,1-3,7,11,13-14H2,(H,29,32). The van der Waals surface area contributed by atoms with E-state index in [0.717, 1.165) is 11.1 Å². The zero-order valence-corrected chi connectivity index (χ0v) is 18.3. The zero-order valence-electron chi connectivity index (χ0n) is 18.3. The highest BCUT2D eigenvalue weighted by Crippen LogP contribution is 2.29. The highest BCUT2D eigenvalue weighted by molar-refractivity contribution is 6.01. The van der Waals surface area contributed by atoms with Crippen molar-refractivity contribution in [1.29, 1.82) is 0 Å². The van der Waals surface area contributed by atoms with Gasteiger partial charge in [0.15, 0.2) is 0 Å². The van der Waals surface area contributed by atoms with E-state index in [1.807, 2.05) is 6.07 Å². The van der Waals surface area contributed by atoms with Crippen LogP contribution < -0.4 is 10.1 Å². The number of hydrogen-bond acceptors (Lipinski definition) is 4. The normalized spacial score (nSPS) is 18.0. The predicted molar refractivity (Wildman–Crippen MR) is 117 cm³/mol. The van der Waals surface area contributed by atoms with Gasteiger partial charge in [0.2, 0.25) is 5.91 Å². The Hall–Kier alpha value is -3.62. The van der Waals surface area contributed by atoms with Gasteiger partial charge in [-0.2, -0.15) is 0 Å². The highest BCUT2D eigenvalue weighted by atomic mass is 19.4. The van der Waals surface area contributed by atoms with Crippen LogP contribution in [0.25, 0.3) is 0 Å². The van der Waals surface area contributed by atoms with Gasteiger partial charge in [-0.3, -0.25) is 14.4 Å². The Morgan fingerprint density at radius 3 is 2.50 bits per heavy atom. The third kappa shape index (κ3) is 5.47.